The molecule has 0 aromatic carbocycles. The number of hydrogen-bond acceptors (Lipinski definition) is 2. The zero-order valence-electron chi connectivity index (χ0n) is 10.3. The Hall–Kier alpha value is -0.600. The van der Waals surface area contributed by atoms with Crippen LogP contribution < -0.4 is 5.32 Å². The summed E-state index contributed by atoms with van der Waals surface area (Å²) in [5.41, 5.74) is 1.12. The summed E-state index contributed by atoms with van der Waals surface area (Å²) in [4.78, 5) is 3.98. The van der Waals surface area contributed by atoms with Crippen molar-refractivity contribution in [3.63, 3.8) is 0 Å². The second kappa shape index (κ2) is 6.87. The fourth-order valence-electron chi connectivity index (χ4n) is 1.98. The lowest BCUT2D eigenvalue weighted by Crippen LogP contribution is -2.32. The SMILES string of the molecule is CCC(CC)C(C)NCc1ccncc1Cl. The van der Waals surface area contributed by atoms with Gasteiger partial charge in [-0.25, -0.2) is 0 Å². The van der Waals surface area contributed by atoms with E-state index >= 15 is 0 Å². The standard InChI is InChI=1S/C13H21ClN2/c1-4-11(5-2)10(3)16-8-12-6-7-15-9-13(12)14/h6-7,9-11,16H,4-5,8H2,1-3H3. The van der Waals surface area contributed by atoms with E-state index in [2.05, 4.69) is 31.1 Å². The Morgan fingerprint density at radius 3 is 2.62 bits per heavy atom. The highest BCUT2D eigenvalue weighted by atomic mass is 35.5. The Kier molecular flexibility index (Phi) is 5.78. The Morgan fingerprint density at radius 1 is 1.38 bits per heavy atom. The Bertz CT molecular complexity index is 311. The monoisotopic (exact) mass is 240 g/mol. The highest BCUT2D eigenvalue weighted by molar-refractivity contribution is 6.31. The Balaban J connectivity index is 2.48. The zero-order chi connectivity index (χ0) is 12.0. The molecule has 0 saturated carbocycles. The molecule has 0 bridgehead atoms. The van der Waals surface area contributed by atoms with E-state index in [-0.39, 0.29) is 0 Å². The summed E-state index contributed by atoms with van der Waals surface area (Å²) in [5.74, 6) is 0.737. The van der Waals surface area contributed by atoms with Gasteiger partial charge in [0.05, 0.1) is 5.02 Å². The van der Waals surface area contributed by atoms with Gasteiger partial charge in [0.2, 0.25) is 0 Å². The van der Waals surface area contributed by atoms with Crippen LogP contribution in [0.1, 0.15) is 39.2 Å². The maximum atomic E-state index is 6.05. The van der Waals surface area contributed by atoms with Crippen molar-refractivity contribution in [1.29, 1.82) is 0 Å². The zero-order valence-corrected chi connectivity index (χ0v) is 11.1. The first-order valence-electron chi connectivity index (χ1n) is 6.00. The van der Waals surface area contributed by atoms with Crippen LogP contribution in [0.5, 0.6) is 0 Å². The smallest absolute Gasteiger partial charge is 0.0634 e. The summed E-state index contributed by atoms with van der Waals surface area (Å²) in [6.45, 7) is 7.54. The van der Waals surface area contributed by atoms with Crippen molar-refractivity contribution in [3.8, 4) is 0 Å². The predicted octanol–water partition coefficient (Wildman–Crippen LogP) is 3.65. The fourth-order valence-corrected chi connectivity index (χ4v) is 2.17. The number of pyridine rings is 1. The quantitative estimate of drug-likeness (QED) is 0.821. The van der Waals surface area contributed by atoms with Gasteiger partial charge in [-0.1, -0.05) is 38.3 Å². The molecule has 0 aliphatic rings. The van der Waals surface area contributed by atoms with Crippen molar-refractivity contribution >= 4 is 11.6 Å². The summed E-state index contributed by atoms with van der Waals surface area (Å²) < 4.78 is 0. The second-order valence-electron chi connectivity index (χ2n) is 4.21. The molecule has 2 nitrogen and oxygen atoms in total. The van der Waals surface area contributed by atoms with Crippen LogP contribution in [0, 0.1) is 5.92 Å². The summed E-state index contributed by atoms with van der Waals surface area (Å²) >= 11 is 6.05. The highest BCUT2D eigenvalue weighted by Crippen LogP contribution is 2.16. The van der Waals surface area contributed by atoms with E-state index in [0.717, 1.165) is 23.0 Å². The maximum absolute atomic E-state index is 6.05. The van der Waals surface area contributed by atoms with E-state index in [1.165, 1.54) is 12.8 Å². The molecule has 3 heteroatoms. The fraction of sp³-hybridized carbons (Fsp3) is 0.615. The van der Waals surface area contributed by atoms with Gasteiger partial charge in [0, 0.05) is 25.0 Å². The van der Waals surface area contributed by atoms with Gasteiger partial charge in [0.15, 0.2) is 0 Å². The molecule has 1 N–H and O–H groups in total. The molecular weight excluding hydrogens is 220 g/mol. The molecule has 0 aliphatic carbocycles. The van der Waals surface area contributed by atoms with Gasteiger partial charge < -0.3 is 5.32 Å². The molecule has 1 unspecified atom stereocenters. The molecule has 0 fully saturated rings. The normalized spacial score (nSPS) is 13.1. The van der Waals surface area contributed by atoms with Crippen LogP contribution in [0.4, 0.5) is 0 Å². The second-order valence-corrected chi connectivity index (χ2v) is 4.62. The lowest BCUT2D eigenvalue weighted by atomic mass is 9.95. The van der Waals surface area contributed by atoms with Crippen molar-refractivity contribution in [2.24, 2.45) is 5.92 Å². The van der Waals surface area contributed by atoms with Crippen LogP contribution in [0.3, 0.4) is 0 Å². The maximum Gasteiger partial charge on any atom is 0.0634 e. The number of nitrogens with one attached hydrogen (secondary N) is 1. The van der Waals surface area contributed by atoms with Crippen LogP contribution in [0.2, 0.25) is 5.02 Å². The first-order chi connectivity index (χ1) is 7.69. The topological polar surface area (TPSA) is 24.9 Å². The van der Waals surface area contributed by atoms with E-state index in [4.69, 9.17) is 11.6 Å². The average Bonchev–Trinajstić information content (AvgIpc) is 2.29. The summed E-state index contributed by atoms with van der Waals surface area (Å²) in [6.07, 6.45) is 5.91. The number of nitrogens with zero attached hydrogens (tertiary/aromatic N) is 1. The summed E-state index contributed by atoms with van der Waals surface area (Å²) in [5, 5.41) is 4.27. The molecule has 0 amide bonds. The van der Waals surface area contributed by atoms with E-state index in [9.17, 15) is 0 Å². The van der Waals surface area contributed by atoms with Crippen molar-refractivity contribution in [1.82, 2.24) is 10.3 Å². The van der Waals surface area contributed by atoms with Gasteiger partial charge in [-0.15, -0.1) is 0 Å². The van der Waals surface area contributed by atoms with Gasteiger partial charge in [-0.05, 0) is 24.5 Å². The molecule has 1 atom stereocenters. The molecule has 0 radical (unpaired) electrons. The molecule has 0 saturated heterocycles. The summed E-state index contributed by atoms with van der Waals surface area (Å²) in [7, 11) is 0. The van der Waals surface area contributed by atoms with Crippen LogP contribution in [-0.4, -0.2) is 11.0 Å². The van der Waals surface area contributed by atoms with Gasteiger partial charge in [-0.3, -0.25) is 4.98 Å². The van der Waals surface area contributed by atoms with Crippen molar-refractivity contribution in [3.05, 3.63) is 29.0 Å². The van der Waals surface area contributed by atoms with Crippen molar-refractivity contribution in [2.45, 2.75) is 46.2 Å². The molecule has 1 aromatic rings. The first kappa shape index (κ1) is 13.5. The van der Waals surface area contributed by atoms with Gasteiger partial charge in [-0.2, -0.15) is 0 Å². The third-order valence-corrected chi connectivity index (χ3v) is 3.57. The van der Waals surface area contributed by atoms with Gasteiger partial charge in [0.1, 0.15) is 0 Å². The van der Waals surface area contributed by atoms with Crippen LogP contribution in [-0.2, 0) is 6.54 Å². The molecule has 0 spiro atoms. The van der Waals surface area contributed by atoms with E-state index < -0.39 is 0 Å². The molecule has 1 heterocycles. The Labute approximate surface area is 103 Å². The average molecular weight is 241 g/mol. The van der Waals surface area contributed by atoms with Crippen molar-refractivity contribution in [2.75, 3.05) is 0 Å². The number of hydrogen-bond donors (Lipinski definition) is 1. The lowest BCUT2D eigenvalue weighted by molar-refractivity contribution is 0.353. The van der Waals surface area contributed by atoms with Crippen molar-refractivity contribution < 1.29 is 0 Å². The minimum absolute atomic E-state index is 0.527. The van der Waals surface area contributed by atoms with Gasteiger partial charge >= 0.3 is 0 Å². The van der Waals surface area contributed by atoms with E-state index in [1.54, 1.807) is 12.4 Å². The third kappa shape index (κ3) is 3.76. The predicted molar refractivity (Wildman–Crippen MR) is 69.6 cm³/mol. The van der Waals surface area contributed by atoms with Crippen LogP contribution >= 0.6 is 11.6 Å². The molecule has 1 rings (SSSR count). The largest absolute Gasteiger partial charge is 0.310 e. The number of aromatic nitrogens is 1. The van der Waals surface area contributed by atoms with Crippen LogP contribution in [0.25, 0.3) is 0 Å². The minimum Gasteiger partial charge on any atom is -0.310 e. The van der Waals surface area contributed by atoms with E-state index in [0.29, 0.717) is 6.04 Å². The molecule has 0 aliphatic heterocycles. The lowest BCUT2D eigenvalue weighted by Gasteiger charge is -2.22. The van der Waals surface area contributed by atoms with Gasteiger partial charge in [0.25, 0.3) is 0 Å². The summed E-state index contributed by atoms with van der Waals surface area (Å²) in [6, 6.07) is 2.49. The molecule has 90 valence electrons. The first-order valence-corrected chi connectivity index (χ1v) is 6.38. The van der Waals surface area contributed by atoms with E-state index in [1.807, 2.05) is 6.07 Å². The minimum atomic E-state index is 0.527. The molecular formula is C13H21ClN2. The highest BCUT2D eigenvalue weighted by Gasteiger charge is 2.12. The number of halogens is 1. The number of rotatable bonds is 6. The molecule has 1 aromatic heterocycles. The Morgan fingerprint density at radius 2 is 2.06 bits per heavy atom. The third-order valence-electron chi connectivity index (χ3n) is 3.23. The van der Waals surface area contributed by atoms with Crippen LogP contribution in [0.15, 0.2) is 18.5 Å². The molecule has 16 heavy (non-hydrogen) atoms.